The lowest BCUT2D eigenvalue weighted by molar-refractivity contribution is 1.25. The second-order valence-electron chi connectivity index (χ2n) is 5.50. The topological polar surface area (TPSA) is 0 Å². The van der Waals surface area contributed by atoms with Crippen LogP contribution in [-0.4, -0.2) is 0 Å². The highest BCUT2D eigenvalue weighted by Gasteiger charge is 2.32. The van der Waals surface area contributed by atoms with Crippen molar-refractivity contribution in [1.82, 2.24) is 0 Å². The highest BCUT2D eigenvalue weighted by molar-refractivity contribution is 8.04. The molecule has 0 nitrogen and oxygen atoms in total. The summed E-state index contributed by atoms with van der Waals surface area (Å²) in [5, 5.41) is 0.402. The molecular formula is C20H16S. The summed E-state index contributed by atoms with van der Waals surface area (Å²) in [6, 6.07) is 21.6. The van der Waals surface area contributed by atoms with E-state index in [1.165, 1.54) is 32.8 Å². The van der Waals surface area contributed by atoms with Gasteiger partial charge in [0.05, 0.1) is 5.25 Å². The molecule has 0 fully saturated rings. The van der Waals surface area contributed by atoms with Gasteiger partial charge in [-0.2, -0.15) is 0 Å². The van der Waals surface area contributed by atoms with Crippen molar-refractivity contribution in [2.75, 3.05) is 0 Å². The van der Waals surface area contributed by atoms with Gasteiger partial charge in [-0.15, -0.1) is 11.8 Å². The summed E-state index contributed by atoms with van der Waals surface area (Å²) in [5.74, 6) is 0. The molecule has 0 aromatic heterocycles. The lowest BCUT2D eigenvalue weighted by Gasteiger charge is -2.15. The first-order chi connectivity index (χ1) is 10.3. The van der Waals surface area contributed by atoms with Crippen molar-refractivity contribution in [3.8, 4) is 0 Å². The van der Waals surface area contributed by atoms with Crippen molar-refractivity contribution >= 4 is 17.3 Å². The lowest BCUT2D eigenvalue weighted by Crippen LogP contribution is -1.95. The summed E-state index contributed by atoms with van der Waals surface area (Å²) in [6.45, 7) is 2.18. The predicted molar refractivity (Wildman–Crippen MR) is 92.0 cm³/mol. The molecule has 2 aromatic rings. The van der Waals surface area contributed by atoms with E-state index in [1.54, 1.807) is 0 Å². The number of fused-ring (bicyclic) bond motifs is 1. The fourth-order valence-electron chi connectivity index (χ4n) is 3.05. The Hall–Kier alpha value is -1.99. The molecule has 1 aliphatic carbocycles. The molecule has 0 saturated carbocycles. The van der Waals surface area contributed by atoms with E-state index >= 15 is 0 Å². The van der Waals surface area contributed by atoms with Gasteiger partial charge in [0.1, 0.15) is 0 Å². The molecule has 0 spiro atoms. The molecule has 1 unspecified atom stereocenters. The van der Waals surface area contributed by atoms with Gasteiger partial charge in [-0.05, 0) is 40.8 Å². The van der Waals surface area contributed by atoms with Crippen LogP contribution >= 0.6 is 11.8 Å². The Kier molecular flexibility index (Phi) is 3.08. The molecular weight excluding hydrogens is 272 g/mol. The van der Waals surface area contributed by atoms with Gasteiger partial charge in [0.2, 0.25) is 0 Å². The monoisotopic (exact) mass is 288 g/mol. The fraction of sp³-hybridized carbons (Fsp3) is 0.100. The minimum atomic E-state index is 0.402. The van der Waals surface area contributed by atoms with Crippen LogP contribution in [0, 0.1) is 0 Å². The third kappa shape index (κ3) is 2.18. The summed E-state index contributed by atoms with van der Waals surface area (Å²) in [6.07, 6.45) is 4.64. The van der Waals surface area contributed by atoms with Crippen LogP contribution in [-0.2, 0) is 0 Å². The van der Waals surface area contributed by atoms with E-state index in [4.69, 9.17) is 0 Å². The van der Waals surface area contributed by atoms with Crippen molar-refractivity contribution in [2.45, 2.75) is 12.2 Å². The third-order valence-corrected chi connectivity index (χ3v) is 5.32. The molecule has 1 heteroatoms. The Bertz CT molecular complexity index is 764. The second-order valence-corrected chi connectivity index (χ2v) is 6.65. The first kappa shape index (κ1) is 12.7. The van der Waals surface area contributed by atoms with E-state index in [9.17, 15) is 0 Å². The van der Waals surface area contributed by atoms with Crippen molar-refractivity contribution in [3.63, 3.8) is 0 Å². The minimum Gasteiger partial charge on any atom is -0.112 e. The van der Waals surface area contributed by atoms with Crippen LogP contribution in [0.1, 0.15) is 23.3 Å². The van der Waals surface area contributed by atoms with Crippen LogP contribution in [0.25, 0.3) is 5.57 Å². The molecule has 102 valence electrons. The molecule has 0 saturated heterocycles. The second kappa shape index (κ2) is 5.09. The van der Waals surface area contributed by atoms with E-state index < -0.39 is 0 Å². The Morgan fingerprint density at radius 2 is 1.48 bits per heavy atom. The van der Waals surface area contributed by atoms with Gasteiger partial charge in [0.15, 0.2) is 0 Å². The summed E-state index contributed by atoms with van der Waals surface area (Å²) < 4.78 is 0. The number of hydrogen-bond acceptors (Lipinski definition) is 1. The quantitative estimate of drug-likeness (QED) is 0.675. The molecule has 1 atom stereocenters. The number of thioether (sulfide) groups is 1. The van der Waals surface area contributed by atoms with Gasteiger partial charge < -0.3 is 0 Å². The zero-order chi connectivity index (χ0) is 14.2. The molecule has 0 bridgehead atoms. The molecule has 1 aliphatic heterocycles. The van der Waals surface area contributed by atoms with E-state index in [-0.39, 0.29) is 0 Å². The van der Waals surface area contributed by atoms with Crippen LogP contribution in [0.2, 0.25) is 0 Å². The third-order valence-electron chi connectivity index (χ3n) is 3.98. The number of rotatable bonds is 2. The molecule has 2 aromatic carbocycles. The Morgan fingerprint density at radius 3 is 2.19 bits per heavy atom. The molecule has 2 aliphatic rings. The van der Waals surface area contributed by atoms with Crippen molar-refractivity contribution in [1.29, 1.82) is 0 Å². The molecule has 0 N–H and O–H groups in total. The van der Waals surface area contributed by atoms with Gasteiger partial charge in [0.25, 0.3) is 0 Å². The first-order valence-corrected chi connectivity index (χ1v) is 8.12. The maximum absolute atomic E-state index is 2.33. The number of hydrogen-bond donors (Lipinski definition) is 0. The predicted octanol–water partition coefficient (Wildman–Crippen LogP) is 5.77. The average molecular weight is 288 g/mol. The normalized spacial score (nSPS) is 20.3. The van der Waals surface area contributed by atoms with Crippen molar-refractivity contribution in [3.05, 3.63) is 100.0 Å². The summed E-state index contributed by atoms with van der Waals surface area (Å²) in [4.78, 5) is 1.42. The number of benzene rings is 2. The van der Waals surface area contributed by atoms with E-state index in [0.29, 0.717) is 5.25 Å². The van der Waals surface area contributed by atoms with Gasteiger partial charge >= 0.3 is 0 Å². The maximum Gasteiger partial charge on any atom is 0.0606 e. The van der Waals surface area contributed by atoms with E-state index in [2.05, 4.69) is 79.7 Å². The minimum absolute atomic E-state index is 0.402. The van der Waals surface area contributed by atoms with Crippen LogP contribution in [0.4, 0.5) is 0 Å². The van der Waals surface area contributed by atoms with Gasteiger partial charge in [-0.1, -0.05) is 66.7 Å². The fourth-order valence-corrected chi connectivity index (χ4v) is 4.53. The zero-order valence-corrected chi connectivity index (χ0v) is 12.7. The van der Waals surface area contributed by atoms with Crippen LogP contribution in [0.5, 0.6) is 0 Å². The maximum atomic E-state index is 2.33. The van der Waals surface area contributed by atoms with E-state index in [0.717, 1.165) is 0 Å². The van der Waals surface area contributed by atoms with Crippen molar-refractivity contribution in [2.24, 2.45) is 0 Å². The van der Waals surface area contributed by atoms with Gasteiger partial charge in [0, 0.05) is 4.91 Å². The van der Waals surface area contributed by atoms with Crippen molar-refractivity contribution < 1.29 is 0 Å². The Labute approximate surface area is 129 Å². The Morgan fingerprint density at radius 1 is 0.810 bits per heavy atom. The standard InChI is InChI=1S/C20H16S/c1-14-12-17-18(13-14)21-20(16-10-6-3-7-11-16)19(17)15-8-4-2-5-9-15/h2-13,20H,1H3. The smallest absolute Gasteiger partial charge is 0.0606 e. The van der Waals surface area contributed by atoms with Gasteiger partial charge in [-0.3, -0.25) is 0 Å². The van der Waals surface area contributed by atoms with Gasteiger partial charge in [-0.25, -0.2) is 0 Å². The van der Waals surface area contributed by atoms with Crippen LogP contribution in [0.3, 0.4) is 0 Å². The molecule has 0 radical (unpaired) electrons. The van der Waals surface area contributed by atoms with Crippen LogP contribution in [0.15, 0.2) is 88.9 Å². The molecule has 1 heterocycles. The lowest BCUT2D eigenvalue weighted by atomic mass is 9.93. The average Bonchev–Trinajstić information content (AvgIpc) is 3.05. The largest absolute Gasteiger partial charge is 0.112 e. The highest BCUT2D eigenvalue weighted by atomic mass is 32.2. The summed E-state index contributed by atoms with van der Waals surface area (Å²) in [7, 11) is 0. The zero-order valence-electron chi connectivity index (χ0n) is 11.9. The summed E-state index contributed by atoms with van der Waals surface area (Å²) in [5.41, 5.74) is 6.94. The SMILES string of the molecule is CC1=CC2=C(c3ccccc3)C(c3ccccc3)SC2=C1. The molecule has 4 rings (SSSR count). The molecule has 0 amide bonds. The summed E-state index contributed by atoms with van der Waals surface area (Å²) >= 11 is 1.98. The molecule has 21 heavy (non-hydrogen) atoms. The Balaban J connectivity index is 1.89. The van der Waals surface area contributed by atoms with Crippen LogP contribution < -0.4 is 0 Å². The highest BCUT2D eigenvalue weighted by Crippen LogP contribution is 2.57. The first-order valence-electron chi connectivity index (χ1n) is 7.24. The number of allylic oxidation sites excluding steroid dienone is 4. The van der Waals surface area contributed by atoms with E-state index in [1.807, 2.05) is 11.8 Å².